The van der Waals surface area contributed by atoms with Crippen molar-refractivity contribution in [3.63, 3.8) is 0 Å². The number of benzene rings is 1. The zero-order valence-corrected chi connectivity index (χ0v) is 16.7. The van der Waals surface area contributed by atoms with Crippen LogP contribution in [0.2, 0.25) is 0 Å². The summed E-state index contributed by atoms with van der Waals surface area (Å²) in [5.41, 5.74) is 3.12. The quantitative estimate of drug-likeness (QED) is 0.785. The fourth-order valence-corrected chi connectivity index (χ4v) is 4.23. The van der Waals surface area contributed by atoms with Gasteiger partial charge in [0.1, 0.15) is 5.76 Å². The van der Waals surface area contributed by atoms with Crippen LogP contribution in [0.3, 0.4) is 0 Å². The second-order valence-electron chi connectivity index (χ2n) is 7.32. The first kappa shape index (κ1) is 19.0. The SMILES string of the molecule is Cc1ccc(-c2nc(CSCC(=O)NC3CCCCC3C)c(C)o2)cc1. The van der Waals surface area contributed by atoms with E-state index in [0.717, 1.165) is 23.4 Å². The molecule has 0 spiro atoms. The van der Waals surface area contributed by atoms with Gasteiger partial charge in [-0.15, -0.1) is 11.8 Å². The Labute approximate surface area is 160 Å². The molecule has 3 rings (SSSR count). The summed E-state index contributed by atoms with van der Waals surface area (Å²) in [6.07, 6.45) is 4.84. The van der Waals surface area contributed by atoms with Crippen molar-refractivity contribution in [2.45, 2.75) is 58.2 Å². The third-order valence-corrected chi connectivity index (χ3v) is 6.06. The molecular formula is C21H28N2O2S. The standard InChI is InChI=1S/C21H28N2O2S/c1-14-8-10-17(11-9-14)21-23-19(16(3)25-21)12-26-13-20(24)22-18-7-5-4-6-15(18)2/h8-11,15,18H,4-7,12-13H2,1-3H3,(H,22,24). The van der Waals surface area contributed by atoms with E-state index < -0.39 is 0 Å². The minimum absolute atomic E-state index is 0.133. The van der Waals surface area contributed by atoms with Crippen molar-refractivity contribution >= 4 is 17.7 Å². The van der Waals surface area contributed by atoms with Gasteiger partial charge in [0.05, 0.1) is 11.4 Å². The first-order chi connectivity index (χ1) is 12.5. The van der Waals surface area contributed by atoms with Gasteiger partial charge in [-0.2, -0.15) is 0 Å². The van der Waals surface area contributed by atoms with Gasteiger partial charge in [-0.05, 0) is 44.7 Å². The fraction of sp³-hybridized carbons (Fsp3) is 0.524. The summed E-state index contributed by atoms with van der Waals surface area (Å²) in [5, 5.41) is 3.20. The Bertz CT molecular complexity index is 739. The molecule has 0 aliphatic heterocycles. The van der Waals surface area contributed by atoms with Gasteiger partial charge in [0.15, 0.2) is 0 Å². The maximum Gasteiger partial charge on any atom is 0.230 e. The maximum atomic E-state index is 12.2. The third-order valence-electron chi connectivity index (χ3n) is 5.12. The molecule has 0 saturated heterocycles. The molecule has 2 aromatic rings. The van der Waals surface area contributed by atoms with Gasteiger partial charge in [-0.3, -0.25) is 4.79 Å². The molecule has 1 N–H and O–H groups in total. The molecule has 140 valence electrons. The summed E-state index contributed by atoms with van der Waals surface area (Å²) >= 11 is 1.59. The van der Waals surface area contributed by atoms with Gasteiger partial charge in [-0.25, -0.2) is 4.98 Å². The number of thioether (sulfide) groups is 1. The summed E-state index contributed by atoms with van der Waals surface area (Å²) in [7, 11) is 0. The number of nitrogens with zero attached hydrogens (tertiary/aromatic N) is 1. The first-order valence-electron chi connectivity index (χ1n) is 9.43. The molecule has 0 bridgehead atoms. The number of hydrogen-bond donors (Lipinski definition) is 1. The highest BCUT2D eigenvalue weighted by atomic mass is 32.2. The van der Waals surface area contributed by atoms with Crippen LogP contribution in [0, 0.1) is 19.8 Å². The van der Waals surface area contributed by atoms with Crippen molar-refractivity contribution in [2.75, 3.05) is 5.75 Å². The molecule has 1 aromatic carbocycles. The number of nitrogens with one attached hydrogen (secondary N) is 1. The Morgan fingerprint density at radius 3 is 2.69 bits per heavy atom. The van der Waals surface area contributed by atoms with E-state index in [0.29, 0.717) is 29.4 Å². The van der Waals surface area contributed by atoms with Crippen molar-refractivity contribution in [2.24, 2.45) is 5.92 Å². The fourth-order valence-electron chi connectivity index (χ4n) is 3.40. The smallest absolute Gasteiger partial charge is 0.230 e. The van der Waals surface area contributed by atoms with Gasteiger partial charge in [0.25, 0.3) is 0 Å². The molecule has 0 radical (unpaired) electrons. The molecular weight excluding hydrogens is 344 g/mol. The van der Waals surface area contributed by atoms with E-state index in [1.165, 1.54) is 24.8 Å². The highest BCUT2D eigenvalue weighted by Gasteiger charge is 2.22. The lowest BCUT2D eigenvalue weighted by atomic mass is 9.86. The Kier molecular flexibility index (Phi) is 6.41. The summed E-state index contributed by atoms with van der Waals surface area (Å²) in [6.45, 7) is 6.23. The Hall–Kier alpha value is -1.75. The average Bonchev–Trinajstić information content (AvgIpc) is 2.98. The van der Waals surface area contributed by atoms with Crippen LogP contribution < -0.4 is 5.32 Å². The van der Waals surface area contributed by atoms with Gasteiger partial charge in [0, 0.05) is 17.4 Å². The van der Waals surface area contributed by atoms with Gasteiger partial charge in [0.2, 0.25) is 11.8 Å². The van der Waals surface area contributed by atoms with Crippen molar-refractivity contribution in [3.8, 4) is 11.5 Å². The molecule has 26 heavy (non-hydrogen) atoms. The van der Waals surface area contributed by atoms with Crippen LogP contribution in [0.4, 0.5) is 0 Å². The van der Waals surface area contributed by atoms with Crippen LogP contribution in [0.5, 0.6) is 0 Å². The minimum atomic E-state index is 0.133. The lowest BCUT2D eigenvalue weighted by molar-refractivity contribution is -0.119. The summed E-state index contributed by atoms with van der Waals surface area (Å²) < 4.78 is 5.81. The van der Waals surface area contributed by atoms with Crippen LogP contribution in [0.1, 0.15) is 49.6 Å². The van der Waals surface area contributed by atoms with E-state index in [4.69, 9.17) is 4.42 Å². The Morgan fingerprint density at radius 1 is 1.23 bits per heavy atom. The number of oxazole rings is 1. The number of carbonyl (C=O) groups excluding carboxylic acids is 1. The topological polar surface area (TPSA) is 55.1 Å². The molecule has 2 atom stereocenters. The molecule has 1 aliphatic carbocycles. The van der Waals surface area contributed by atoms with Gasteiger partial charge in [-0.1, -0.05) is 37.5 Å². The number of amides is 1. The normalized spacial score (nSPS) is 20.1. The van der Waals surface area contributed by atoms with Crippen molar-refractivity contribution < 1.29 is 9.21 Å². The van der Waals surface area contributed by atoms with E-state index >= 15 is 0 Å². The molecule has 4 nitrogen and oxygen atoms in total. The van der Waals surface area contributed by atoms with E-state index in [1.54, 1.807) is 11.8 Å². The Balaban J connectivity index is 1.50. The third kappa shape index (κ3) is 4.91. The summed E-state index contributed by atoms with van der Waals surface area (Å²) in [5.74, 6) is 3.36. The lowest BCUT2D eigenvalue weighted by Crippen LogP contribution is -2.41. The molecule has 1 saturated carbocycles. The summed E-state index contributed by atoms with van der Waals surface area (Å²) in [6, 6.07) is 8.51. The van der Waals surface area contributed by atoms with Crippen LogP contribution in [-0.2, 0) is 10.5 Å². The summed E-state index contributed by atoms with van der Waals surface area (Å²) in [4.78, 5) is 16.8. The predicted molar refractivity (Wildman–Crippen MR) is 107 cm³/mol. The predicted octanol–water partition coefficient (Wildman–Crippen LogP) is 4.89. The van der Waals surface area contributed by atoms with Crippen molar-refractivity contribution in [1.82, 2.24) is 10.3 Å². The number of carbonyl (C=O) groups is 1. The van der Waals surface area contributed by atoms with E-state index in [-0.39, 0.29) is 5.91 Å². The van der Waals surface area contributed by atoms with E-state index in [1.807, 2.05) is 19.1 Å². The zero-order valence-electron chi connectivity index (χ0n) is 15.9. The van der Waals surface area contributed by atoms with Crippen LogP contribution in [-0.4, -0.2) is 22.7 Å². The zero-order chi connectivity index (χ0) is 18.5. The largest absolute Gasteiger partial charge is 0.441 e. The van der Waals surface area contributed by atoms with Gasteiger partial charge < -0.3 is 9.73 Å². The van der Waals surface area contributed by atoms with Crippen LogP contribution in [0.25, 0.3) is 11.5 Å². The highest BCUT2D eigenvalue weighted by Crippen LogP contribution is 2.25. The number of aryl methyl sites for hydroxylation is 2. The lowest BCUT2D eigenvalue weighted by Gasteiger charge is -2.29. The average molecular weight is 373 g/mol. The number of aromatic nitrogens is 1. The Morgan fingerprint density at radius 2 is 1.96 bits per heavy atom. The monoisotopic (exact) mass is 372 g/mol. The highest BCUT2D eigenvalue weighted by molar-refractivity contribution is 7.99. The molecule has 1 heterocycles. The van der Waals surface area contributed by atoms with Crippen LogP contribution in [0.15, 0.2) is 28.7 Å². The second-order valence-corrected chi connectivity index (χ2v) is 8.30. The molecule has 2 unspecified atom stereocenters. The first-order valence-corrected chi connectivity index (χ1v) is 10.6. The van der Waals surface area contributed by atoms with Gasteiger partial charge >= 0.3 is 0 Å². The maximum absolute atomic E-state index is 12.2. The van der Waals surface area contributed by atoms with E-state index in [2.05, 4.69) is 36.3 Å². The minimum Gasteiger partial charge on any atom is -0.441 e. The van der Waals surface area contributed by atoms with Crippen LogP contribution >= 0.6 is 11.8 Å². The van der Waals surface area contributed by atoms with Crippen molar-refractivity contribution in [3.05, 3.63) is 41.3 Å². The molecule has 1 fully saturated rings. The van der Waals surface area contributed by atoms with E-state index in [9.17, 15) is 4.79 Å². The molecule has 5 heteroatoms. The molecule has 1 aromatic heterocycles. The number of rotatable bonds is 6. The number of hydrogen-bond acceptors (Lipinski definition) is 4. The van der Waals surface area contributed by atoms with Crippen molar-refractivity contribution in [1.29, 1.82) is 0 Å². The molecule has 1 aliphatic rings. The molecule has 1 amide bonds. The second kappa shape index (κ2) is 8.76.